The van der Waals surface area contributed by atoms with Crippen LogP contribution in [0.2, 0.25) is 0 Å². The van der Waals surface area contributed by atoms with Gasteiger partial charge in [-0.05, 0) is 86.8 Å². The minimum Gasteiger partial charge on any atom is -0.494 e. The number of hydrogen-bond acceptors (Lipinski definition) is 5. The number of ether oxygens (including phenoxy) is 1. The van der Waals surface area contributed by atoms with Crippen molar-refractivity contribution in [2.75, 3.05) is 18.5 Å². The zero-order valence-corrected chi connectivity index (χ0v) is 20.0. The molecule has 0 unspecified atom stereocenters. The van der Waals surface area contributed by atoms with Gasteiger partial charge >= 0.3 is 5.92 Å². The second kappa shape index (κ2) is 8.88. The topological polar surface area (TPSA) is 60.2 Å². The fourth-order valence-corrected chi connectivity index (χ4v) is 5.52. The molecule has 3 saturated carbocycles. The van der Waals surface area contributed by atoms with Crippen molar-refractivity contribution in [2.24, 2.45) is 5.41 Å². The van der Waals surface area contributed by atoms with E-state index in [1.165, 1.54) is 6.07 Å². The van der Waals surface area contributed by atoms with Crippen LogP contribution in [0, 0.1) is 11.2 Å². The predicted molar refractivity (Wildman–Crippen MR) is 127 cm³/mol. The molecule has 1 aromatic heterocycles. The Morgan fingerprint density at radius 2 is 1.71 bits per heavy atom. The van der Waals surface area contributed by atoms with Crippen molar-refractivity contribution in [3.63, 3.8) is 0 Å². The van der Waals surface area contributed by atoms with Crippen molar-refractivity contribution in [2.45, 2.75) is 63.7 Å². The second-order valence-electron chi connectivity index (χ2n) is 10.1. The van der Waals surface area contributed by atoms with Crippen LogP contribution in [-0.4, -0.2) is 23.3 Å². The predicted octanol–water partition coefficient (Wildman–Crippen LogP) is 7.09. The summed E-state index contributed by atoms with van der Waals surface area (Å²) in [4.78, 5) is 4.06. The highest BCUT2D eigenvalue weighted by Crippen LogP contribution is 2.57. The summed E-state index contributed by atoms with van der Waals surface area (Å²) in [6, 6.07) is 12.5. The minimum absolute atomic E-state index is 0.122. The van der Waals surface area contributed by atoms with Crippen molar-refractivity contribution in [3.05, 3.63) is 60.0 Å². The van der Waals surface area contributed by atoms with Crippen molar-refractivity contribution < 1.29 is 22.4 Å². The van der Waals surface area contributed by atoms with E-state index < -0.39 is 11.8 Å². The Balaban J connectivity index is 1.25. The van der Waals surface area contributed by atoms with Crippen molar-refractivity contribution in [3.8, 4) is 16.9 Å². The monoisotopic (exact) mass is 485 g/mol. The molecular formula is C27H30F3N3O2. The number of halogens is 3. The zero-order valence-electron chi connectivity index (χ0n) is 20.0. The number of rotatable bonds is 8. The first-order chi connectivity index (χ1) is 16.7. The van der Waals surface area contributed by atoms with Gasteiger partial charge in [0.15, 0.2) is 5.82 Å². The molecule has 186 valence electrons. The van der Waals surface area contributed by atoms with Gasteiger partial charge in [-0.2, -0.15) is 13.8 Å². The van der Waals surface area contributed by atoms with Crippen molar-refractivity contribution in [1.29, 1.82) is 0 Å². The van der Waals surface area contributed by atoms with E-state index in [9.17, 15) is 13.2 Å². The van der Waals surface area contributed by atoms with E-state index >= 15 is 0 Å². The number of nitrogens with zero attached hydrogens (tertiary/aromatic N) is 2. The summed E-state index contributed by atoms with van der Waals surface area (Å²) < 4.78 is 52.1. The molecule has 0 radical (unpaired) electrons. The average Bonchev–Trinajstić information content (AvgIpc) is 3.38. The molecule has 5 nitrogen and oxygen atoms in total. The lowest BCUT2D eigenvalue weighted by Gasteiger charge is -2.52. The highest BCUT2D eigenvalue weighted by atomic mass is 19.3. The van der Waals surface area contributed by atoms with E-state index in [1.807, 2.05) is 37.3 Å². The van der Waals surface area contributed by atoms with Gasteiger partial charge in [0.1, 0.15) is 11.6 Å². The third-order valence-corrected chi connectivity index (χ3v) is 7.79. The van der Waals surface area contributed by atoms with E-state index in [2.05, 4.69) is 15.5 Å². The molecule has 0 saturated heterocycles. The van der Waals surface area contributed by atoms with Gasteiger partial charge in [0.25, 0.3) is 5.89 Å². The van der Waals surface area contributed by atoms with Gasteiger partial charge in [0, 0.05) is 30.1 Å². The number of hydrogen-bond donors (Lipinski definition) is 1. The van der Waals surface area contributed by atoms with Crippen LogP contribution in [0.15, 0.2) is 47.0 Å². The molecule has 3 aromatic rings. The van der Waals surface area contributed by atoms with Crippen LogP contribution in [0.25, 0.3) is 11.1 Å². The lowest BCUT2D eigenvalue weighted by atomic mass is 9.53. The number of fused-ring (bicyclic) bond motifs is 3. The molecule has 2 aromatic carbocycles. The molecule has 8 heteroatoms. The van der Waals surface area contributed by atoms with Crippen molar-refractivity contribution in [1.82, 2.24) is 10.1 Å². The van der Waals surface area contributed by atoms with Crippen LogP contribution in [0.1, 0.15) is 64.1 Å². The second-order valence-corrected chi connectivity index (χ2v) is 10.1. The Morgan fingerprint density at radius 3 is 2.31 bits per heavy atom. The van der Waals surface area contributed by atoms with Gasteiger partial charge < -0.3 is 14.6 Å². The summed E-state index contributed by atoms with van der Waals surface area (Å²) in [7, 11) is 0. The molecule has 3 aliphatic rings. The summed E-state index contributed by atoms with van der Waals surface area (Å²) in [6.45, 7) is 4.06. The number of alkyl halides is 2. The van der Waals surface area contributed by atoms with Crippen LogP contribution in [0.4, 0.5) is 18.9 Å². The van der Waals surface area contributed by atoms with E-state index in [0.29, 0.717) is 18.0 Å². The van der Waals surface area contributed by atoms with Crippen LogP contribution in [0.3, 0.4) is 0 Å². The Morgan fingerprint density at radius 1 is 1.03 bits per heavy atom. The fourth-order valence-electron chi connectivity index (χ4n) is 5.52. The van der Waals surface area contributed by atoms with Crippen molar-refractivity contribution >= 4 is 5.69 Å². The highest BCUT2D eigenvalue weighted by molar-refractivity contribution is 5.69. The quantitative estimate of drug-likeness (QED) is 0.369. The maximum atomic E-state index is 14.6. The first kappa shape index (κ1) is 23.7. The number of benzene rings is 2. The molecule has 35 heavy (non-hydrogen) atoms. The van der Waals surface area contributed by atoms with Gasteiger partial charge in [-0.15, -0.1) is 0 Å². The van der Waals surface area contributed by atoms with Gasteiger partial charge in [0.2, 0.25) is 0 Å². The van der Waals surface area contributed by atoms with Crippen LogP contribution >= 0.6 is 0 Å². The fraction of sp³-hybridized carbons (Fsp3) is 0.481. The minimum atomic E-state index is -3.13. The Kier molecular flexibility index (Phi) is 6.01. The van der Waals surface area contributed by atoms with Crippen LogP contribution in [0.5, 0.6) is 5.75 Å². The first-order valence-electron chi connectivity index (χ1n) is 12.2. The summed E-state index contributed by atoms with van der Waals surface area (Å²) in [5.41, 5.74) is 2.06. The molecule has 0 amide bonds. The first-order valence-corrected chi connectivity index (χ1v) is 12.2. The summed E-state index contributed by atoms with van der Waals surface area (Å²) in [5, 5.41) is 7.46. The van der Waals surface area contributed by atoms with E-state index in [4.69, 9.17) is 9.26 Å². The van der Waals surface area contributed by atoms with Gasteiger partial charge in [-0.25, -0.2) is 4.39 Å². The molecule has 6 rings (SSSR count). The zero-order chi connectivity index (χ0) is 24.7. The third kappa shape index (κ3) is 4.62. The Hall–Kier alpha value is -3.03. The van der Waals surface area contributed by atoms with Crippen LogP contribution in [-0.2, 0) is 11.3 Å². The normalized spacial score (nSPS) is 23.9. The lowest BCUT2D eigenvalue weighted by molar-refractivity contribution is -0.0158. The van der Waals surface area contributed by atoms with E-state index in [0.717, 1.165) is 69.0 Å². The molecule has 1 heterocycles. The average molecular weight is 486 g/mol. The standard InChI is InChI=1S/C27H30F3N3O2/c1-3-34-20-7-4-18(5-8-20)21-16-19(6-9-22(21)28)31-17-26-10-13-27(14-11-26,15-12-26)23-32-24(35-33-23)25(2,29)30/h4-9,16,31H,3,10-15,17H2,1-2H3. The number of aromatic nitrogens is 2. The maximum absolute atomic E-state index is 14.6. The molecule has 0 aliphatic heterocycles. The van der Waals surface area contributed by atoms with E-state index in [-0.39, 0.29) is 16.6 Å². The highest BCUT2D eigenvalue weighted by Gasteiger charge is 2.52. The molecule has 0 atom stereocenters. The Labute approximate surface area is 203 Å². The van der Waals surface area contributed by atoms with Crippen LogP contribution < -0.4 is 10.1 Å². The summed E-state index contributed by atoms with van der Waals surface area (Å²) in [6.07, 6.45) is 5.43. The van der Waals surface area contributed by atoms with Gasteiger partial charge in [-0.3, -0.25) is 0 Å². The summed E-state index contributed by atoms with van der Waals surface area (Å²) >= 11 is 0. The smallest absolute Gasteiger partial charge is 0.322 e. The maximum Gasteiger partial charge on any atom is 0.322 e. The van der Waals surface area contributed by atoms with Gasteiger partial charge in [-0.1, -0.05) is 17.3 Å². The van der Waals surface area contributed by atoms with Gasteiger partial charge in [0.05, 0.1) is 6.61 Å². The summed E-state index contributed by atoms with van der Waals surface area (Å²) in [5.74, 6) is -2.82. The number of anilines is 1. The lowest BCUT2D eigenvalue weighted by Crippen LogP contribution is -2.47. The molecular weight excluding hydrogens is 455 g/mol. The Bertz CT molecular complexity index is 1160. The molecule has 0 spiro atoms. The molecule has 2 bridgehead atoms. The molecule has 1 N–H and O–H groups in total. The largest absolute Gasteiger partial charge is 0.494 e. The molecule has 3 fully saturated rings. The number of nitrogens with one attached hydrogen (secondary N) is 1. The molecule has 3 aliphatic carbocycles. The SMILES string of the molecule is CCOc1ccc(-c2cc(NCC34CCC(c5noc(C(C)(F)F)n5)(CC3)CC4)ccc2F)cc1. The van der Waals surface area contributed by atoms with E-state index in [1.54, 1.807) is 6.07 Å². The third-order valence-electron chi connectivity index (χ3n) is 7.79.